The molecule has 0 aliphatic carbocycles. The summed E-state index contributed by atoms with van der Waals surface area (Å²) >= 11 is 0. The van der Waals surface area contributed by atoms with Gasteiger partial charge in [0.15, 0.2) is 0 Å². The van der Waals surface area contributed by atoms with Gasteiger partial charge < -0.3 is 4.74 Å². The fraction of sp³-hybridized carbons (Fsp3) is 0.571. The van der Waals surface area contributed by atoms with E-state index in [-0.39, 0.29) is 13.2 Å². The molecule has 0 rings (SSSR count). The minimum Gasteiger partial charge on any atom is -0.462 e. The Balaban J connectivity index is 3.25. The van der Waals surface area contributed by atoms with Gasteiger partial charge in [0.05, 0.1) is 13.2 Å². The van der Waals surface area contributed by atoms with Crippen LogP contribution in [0.5, 0.6) is 0 Å². The average Bonchev–Trinajstić information content (AvgIpc) is 1.97. The van der Waals surface area contributed by atoms with Crippen LogP contribution in [0.2, 0.25) is 0 Å². The third-order valence-corrected chi connectivity index (χ3v) is 0.962. The van der Waals surface area contributed by atoms with Gasteiger partial charge in [0, 0.05) is 12.0 Å². The molecule has 64 valence electrons. The van der Waals surface area contributed by atoms with E-state index in [2.05, 4.69) is 16.2 Å². The third kappa shape index (κ3) is 5.57. The average molecular weight is 160 g/mol. The highest BCUT2D eigenvalue weighted by molar-refractivity contribution is 5.86. The minimum atomic E-state index is -0.414. The van der Waals surface area contributed by atoms with Gasteiger partial charge in [-0.2, -0.15) is 0 Å². The van der Waals surface area contributed by atoms with Crippen molar-refractivity contribution in [3.8, 4) is 0 Å². The highest BCUT2D eigenvalue weighted by Gasteiger charge is 2.01. The Morgan fingerprint density at radius 2 is 2.18 bits per heavy atom. The lowest BCUT2D eigenvalue weighted by Gasteiger charge is -2.01. The Morgan fingerprint density at radius 3 is 2.64 bits per heavy atom. The van der Waals surface area contributed by atoms with Crippen LogP contribution < -0.4 is 0 Å². The van der Waals surface area contributed by atoms with Gasteiger partial charge in [-0.1, -0.05) is 6.58 Å². The van der Waals surface area contributed by atoms with E-state index in [9.17, 15) is 4.79 Å². The predicted octanol–water partition coefficient (Wildman–Crippen LogP) is 0.985. The standard InChI is InChI=1S/C7H12O4/c1-6(2)7(8)10-4-3-5-11-9/h9H,1,3-5H2,2H3. The Bertz CT molecular complexity index is 141. The Hall–Kier alpha value is -0.870. The summed E-state index contributed by atoms with van der Waals surface area (Å²) in [6.07, 6.45) is 0.482. The summed E-state index contributed by atoms with van der Waals surface area (Å²) < 4.78 is 4.68. The van der Waals surface area contributed by atoms with Gasteiger partial charge in [0.2, 0.25) is 0 Å². The molecule has 0 saturated carbocycles. The maximum atomic E-state index is 10.7. The summed E-state index contributed by atoms with van der Waals surface area (Å²) in [7, 11) is 0. The largest absolute Gasteiger partial charge is 0.462 e. The van der Waals surface area contributed by atoms with Crippen LogP contribution in [0, 0.1) is 0 Å². The maximum absolute atomic E-state index is 10.7. The highest BCUT2D eigenvalue weighted by atomic mass is 17.1. The molecule has 0 aromatic rings. The topological polar surface area (TPSA) is 55.8 Å². The SMILES string of the molecule is C=C(C)C(=O)OCCCOO. The van der Waals surface area contributed by atoms with Crippen molar-refractivity contribution in [3.05, 3.63) is 12.2 Å². The zero-order valence-electron chi connectivity index (χ0n) is 6.50. The van der Waals surface area contributed by atoms with E-state index in [4.69, 9.17) is 5.26 Å². The maximum Gasteiger partial charge on any atom is 0.333 e. The van der Waals surface area contributed by atoms with E-state index in [0.717, 1.165) is 0 Å². The monoisotopic (exact) mass is 160 g/mol. The number of esters is 1. The molecule has 0 spiro atoms. The van der Waals surface area contributed by atoms with Crippen molar-refractivity contribution in [2.24, 2.45) is 0 Å². The van der Waals surface area contributed by atoms with Crippen molar-refractivity contribution in [2.45, 2.75) is 13.3 Å². The van der Waals surface area contributed by atoms with Crippen LogP contribution in [-0.4, -0.2) is 24.4 Å². The molecule has 0 aliphatic heterocycles. The van der Waals surface area contributed by atoms with Gasteiger partial charge in [0.1, 0.15) is 0 Å². The number of hydrogen-bond acceptors (Lipinski definition) is 4. The summed E-state index contributed by atoms with van der Waals surface area (Å²) in [6, 6.07) is 0. The van der Waals surface area contributed by atoms with E-state index in [1.54, 1.807) is 6.92 Å². The van der Waals surface area contributed by atoms with Crippen molar-refractivity contribution in [1.82, 2.24) is 0 Å². The van der Waals surface area contributed by atoms with Crippen LogP contribution in [0.1, 0.15) is 13.3 Å². The van der Waals surface area contributed by atoms with E-state index < -0.39 is 5.97 Å². The van der Waals surface area contributed by atoms with Crippen LogP contribution in [0.3, 0.4) is 0 Å². The number of rotatable bonds is 5. The van der Waals surface area contributed by atoms with Crippen LogP contribution in [-0.2, 0) is 14.4 Å². The summed E-state index contributed by atoms with van der Waals surface area (Å²) in [4.78, 5) is 14.5. The third-order valence-electron chi connectivity index (χ3n) is 0.962. The Labute approximate surface area is 65.4 Å². The second kappa shape index (κ2) is 5.88. The van der Waals surface area contributed by atoms with Crippen LogP contribution >= 0.6 is 0 Å². The molecule has 0 saturated heterocycles. The first kappa shape index (κ1) is 10.1. The van der Waals surface area contributed by atoms with E-state index in [1.165, 1.54) is 0 Å². The lowest BCUT2D eigenvalue weighted by molar-refractivity contribution is -0.243. The van der Waals surface area contributed by atoms with E-state index in [0.29, 0.717) is 12.0 Å². The van der Waals surface area contributed by atoms with Gasteiger partial charge in [-0.3, -0.25) is 5.26 Å². The Kier molecular flexibility index (Phi) is 5.42. The van der Waals surface area contributed by atoms with Gasteiger partial charge >= 0.3 is 5.97 Å². The fourth-order valence-corrected chi connectivity index (χ4v) is 0.412. The summed E-state index contributed by atoms with van der Waals surface area (Å²) in [6.45, 7) is 5.39. The zero-order valence-corrected chi connectivity index (χ0v) is 6.50. The molecule has 0 aromatic carbocycles. The molecule has 4 heteroatoms. The normalized spacial score (nSPS) is 9.27. The molecule has 4 nitrogen and oxygen atoms in total. The van der Waals surface area contributed by atoms with Crippen LogP contribution in [0.25, 0.3) is 0 Å². The van der Waals surface area contributed by atoms with Crippen LogP contribution in [0.15, 0.2) is 12.2 Å². The molecule has 0 atom stereocenters. The second-order valence-corrected chi connectivity index (χ2v) is 2.10. The van der Waals surface area contributed by atoms with Gasteiger partial charge in [-0.25, -0.2) is 9.68 Å². The summed E-state index contributed by atoms with van der Waals surface area (Å²) in [5, 5.41) is 7.88. The smallest absolute Gasteiger partial charge is 0.333 e. The molecule has 0 unspecified atom stereocenters. The number of hydrogen-bond donors (Lipinski definition) is 1. The second-order valence-electron chi connectivity index (χ2n) is 2.10. The van der Waals surface area contributed by atoms with Crippen molar-refractivity contribution >= 4 is 5.97 Å². The predicted molar refractivity (Wildman–Crippen MR) is 39.0 cm³/mol. The van der Waals surface area contributed by atoms with E-state index >= 15 is 0 Å². The number of ether oxygens (including phenoxy) is 1. The molecule has 1 N–H and O–H groups in total. The van der Waals surface area contributed by atoms with Crippen LogP contribution in [0.4, 0.5) is 0 Å². The van der Waals surface area contributed by atoms with Gasteiger partial charge in [0.25, 0.3) is 0 Å². The number of carbonyl (C=O) groups is 1. The first-order valence-electron chi connectivity index (χ1n) is 3.27. The minimum absolute atomic E-state index is 0.170. The molecule has 0 heterocycles. The summed E-state index contributed by atoms with van der Waals surface area (Å²) in [5.41, 5.74) is 0.370. The molecule has 0 fully saturated rings. The quantitative estimate of drug-likeness (QED) is 0.214. The molecular weight excluding hydrogens is 148 g/mol. The zero-order chi connectivity index (χ0) is 8.69. The molecule has 0 aromatic heterocycles. The Morgan fingerprint density at radius 1 is 1.55 bits per heavy atom. The van der Waals surface area contributed by atoms with Crippen molar-refractivity contribution in [1.29, 1.82) is 0 Å². The molecule has 0 amide bonds. The molecule has 0 aliphatic rings. The summed E-state index contributed by atoms with van der Waals surface area (Å²) in [5.74, 6) is -0.414. The fourth-order valence-electron chi connectivity index (χ4n) is 0.412. The molecule has 11 heavy (non-hydrogen) atoms. The lowest BCUT2D eigenvalue weighted by Crippen LogP contribution is -2.07. The van der Waals surface area contributed by atoms with Crippen molar-refractivity contribution in [3.63, 3.8) is 0 Å². The first-order chi connectivity index (χ1) is 5.18. The van der Waals surface area contributed by atoms with Gasteiger partial charge in [-0.15, -0.1) is 0 Å². The van der Waals surface area contributed by atoms with Crippen molar-refractivity contribution in [2.75, 3.05) is 13.2 Å². The molecular formula is C7H12O4. The van der Waals surface area contributed by atoms with Crippen molar-refractivity contribution < 1.29 is 19.7 Å². The van der Waals surface area contributed by atoms with E-state index in [1.807, 2.05) is 0 Å². The number of carbonyl (C=O) groups excluding carboxylic acids is 1. The lowest BCUT2D eigenvalue weighted by atomic mass is 10.4. The first-order valence-corrected chi connectivity index (χ1v) is 3.27. The highest BCUT2D eigenvalue weighted by Crippen LogP contribution is 1.92. The molecule has 0 bridgehead atoms. The molecule has 0 radical (unpaired) electrons. The van der Waals surface area contributed by atoms with Gasteiger partial charge in [-0.05, 0) is 6.92 Å².